The Kier molecular flexibility index (Phi) is 4.88. The number of carbonyl (C=O) groups excluding carboxylic acids is 2. The first-order valence-electron chi connectivity index (χ1n) is 9.03. The van der Waals surface area contributed by atoms with Gasteiger partial charge in [-0.05, 0) is 29.8 Å². The Morgan fingerprint density at radius 1 is 0.931 bits per heavy atom. The average Bonchev–Trinajstić information content (AvgIpc) is 3.07. The van der Waals surface area contributed by atoms with E-state index in [1.807, 2.05) is 48.5 Å². The number of fused-ring (bicyclic) bond motifs is 3. The van der Waals surface area contributed by atoms with E-state index in [4.69, 9.17) is 15.7 Å². The number of carbonyl (C=O) groups is 2. The lowest BCUT2D eigenvalue weighted by molar-refractivity contribution is -0.131. The summed E-state index contributed by atoms with van der Waals surface area (Å²) in [4.78, 5) is 23.6. The van der Waals surface area contributed by atoms with Crippen LogP contribution in [-0.2, 0) is 11.3 Å². The number of hydrogen-bond donors (Lipinski definition) is 3. The highest BCUT2D eigenvalue weighted by Crippen LogP contribution is 2.38. The van der Waals surface area contributed by atoms with Crippen molar-refractivity contribution in [2.75, 3.05) is 6.61 Å². The monoisotopic (exact) mass is 389 g/mol. The van der Waals surface area contributed by atoms with E-state index >= 15 is 0 Å². The number of amides is 2. The minimum absolute atomic E-state index is 0.361. The summed E-state index contributed by atoms with van der Waals surface area (Å²) in [5, 5.41) is 10.1. The van der Waals surface area contributed by atoms with Gasteiger partial charge in [0.1, 0.15) is 5.75 Å². The smallest absolute Gasteiger partial charge is 0.281 e. The third-order valence-electron chi connectivity index (χ3n) is 4.81. The molecule has 2 amide bonds. The zero-order valence-corrected chi connectivity index (χ0v) is 15.5. The molecular formula is C22H19N3O4. The molecule has 4 rings (SSSR count). The van der Waals surface area contributed by atoms with Crippen molar-refractivity contribution in [2.45, 2.75) is 6.54 Å². The molecule has 0 aliphatic heterocycles. The number of rotatable bonds is 6. The molecule has 1 heterocycles. The summed E-state index contributed by atoms with van der Waals surface area (Å²) in [5.41, 5.74) is 10.3. The van der Waals surface area contributed by atoms with Gasteiger partial charge in [0.15, 0.2) is 6.61 Å². The number of nitrogens with two attached hydrogens (primary N) is 1. The maximum atomic E-state index is 12.1. The molecule has 146 valence electrons. The highest BCUT2D eigenvalue weighted by Gasteiger charge is 2.20. The summed E-state index contributed by atoms with van der Waals surface area (Å²) >= 11 is 0. The summed E-state index contributed by atoms with van der Waals surface area (Å²) < 4.78 is 7.73. The van der Waals surface area contributed by atoms with Crippen LogP contribution >= 0.6 is 0 Å². The molecule has 0 saturated carbocycles. The van der Waals surface area contributed by atoms with Crippen molar-refractivity contribution in [2.24, 2.45) is 5.73 Å². The molecule has 1 aromatic heterocycles. The number of ether oxygens (including phenoxy) is 1. The quantitative estimate of drug-likeness (QED) is 0.348. The van der Waals surface area contributed by atoms with Gasteiger partial charge in [-0.1, -0.05) is 42.5 Å². The maximum absolute atomic E-state index is 12.1. The SMILES string of the molecule is NC(=O)c1cccc2c1c1c(OCC(=O)NO)cccc1n2Cc1ccccc1. The summed E-state index contributed by atoms with van der Waals surface area (Å²) in [6.07, 6.45) is 0. The number of nitrogens with zero attached hydrogens (tertiary/aromatic N) is 1. The Bertz CT molecular complexity index is 1220. The number of primary amides is 1. The molecule has 0 atom stereocenters. The zero-order chi connectivity index (χ0) is 20.4. The first-order chi connectivity index (χ1) is 14.1. The van der Waals surface area contributed by atoms with E-state index in [1.54, 1.807) is 23.7 Å². The molecule has 4 N–H and O–H groups in total. The lowest BCUT2D eigenvalue weighted by Gasteiger charge is -2.09. The Hall–Kier alpha value is -3.84. The zero-order valence-electron chi connectivity index (χ0n) is 15.5. The van der Waals surface area contributed by atoms with Crippen molar-refractivity contribution < 1.29 is 19.5 Å². The first-order valence-corrected chi connectivity index (χ1v) is 9.03. The fraction of sp³-hybridized carbons (Fsp3) is 0.0909. The largest absolute Gasteiger partial charge is 0.483 e. The van der Waals surface area contributed by atoms with Crippen molar-refractivity contribution in [3.8, 4) is 5.75 Å². The number of nitrogens with one attached hydrogen (secondary N) is 1. The topological polar surface area (TPSA) is 107 Å². The summed E-state index contributed by atoms with van der Waals surface area (Å²) in [6, 6.07) is 20.8. The van der Waals surface area contributed by atoms with E-state index in [0.717, 1.165) is 16.6 Å². The van der Waals surface area contributed by atoms with E-state index in [1.165, 1.54) is 0 Å². The predicted molar refractivity (Wildman–Crippen MR) is 109 cm³/mol. The molecule has 0 fully saturated rings. The van der Waals surface area contributed by atoms with Crippen molar-refractivity contribution in [1.82, 2.24) is 10.0 Å². The molecule has 4 aromatic rings. The molecule has 29 heavy (non-hydrogen) atoms. The number of benzene rings is 3. The van der Waals surface area contributed by atoms with Gasteiger partial charge in [0, 0.05) is 17.5 Å². The Morgan fingerprint density at radius 3 is 2.31 bits per heavy atom. The van der Waals surface area contributed by atoms with E-state index in [2.05, 4.69) is 4.57 Å². The molecule has 0 spiro atoms. The number of hydrogen-bond acceptors (Lipinski definition) is 4. The van der Waals surface area contributed by atoms with Crippen molar-refractivity contribution >= 4 is 33.6 Å². The van der Waals surface area contributed by atoms with Gasteiger partial charge in [0.2, 0.25) is 5.91 Å². The average molecular weight is 389 g/mol. The van der Waals surface area contributed by atoms with E-state index in [-0.39, 0.29) is 6.61 Å². The van der Waals surface area contributed by atoms with Gasteiger partial charge in [-0.3, -0.25) is 14.8 Å². The minimum Gasteiger partial charge on any atom is -0.483 e. The molecule has 0 saturated heterocycles. The van der Waals surface area contributed by atoms with Crippen molar-refractivity contribution in [1.29, 1.82) is 0 Å². The molecule has 3 aromatic carbocycles. The summed E-state index contributed by atoms with van der Waals surface area (Å²) in [7, 11) is 0. The minimum atomic E-state index is -0.676. The van der Waals surface area contributed by atoms with Crippen LogP contribution in [0.1, 0.15) is 15.9 Å². The lowest BCUT2D eigenvalue weighted by Crippen LogP contribution is -2.25. The van der Waals surface area contributed by atoms with Crippen LogP contribution in [0, 0.1) is 0 Å². The first kappa shape index (κ1) is 18.5. The van der Waals surface area contributed by atoms with Crippen LogP contribution in [0.4, 0.5) is 0 Å². The van der Waals surface area contributed by atoms with E-state index < -0.39 is 11.8 Å². The molecule has 0 aliphatic rings. The van der Waals surface area contributed by atoms with Gasteiger partial charge < -0.3 is 15.0 Å². The molecule has 7 heteroatoms. The Labute approximate surface area is 166 Å². The van der Waals surface area contributed by atoms with Gasteiger partial charge in [-0.25, -0.2) is 5.48 Å². The second-order valence-electron chi connectivity index (χ2n) is 6.61. The van der Waals surface area contributed by atoms with Gasteiger partial charge in [0.05, 0.1) is 16.4 Å². The van der Waals surface area contributed by atoms with Crippen LogP contribution in [0.25, 0.3) is 21.8 Å². The predicted octanol–water partition coefficient (Wildman–Crippen LogP) is 2.83. The van der Waals surface area contributed by atoms with Crippen molar-refractivity contribution in [3.05, 3.63) is 77.9 Å². The highest BCUT2D eigenvalue weighted by atomic mass is 16.5. The van der Waals surface area contributed by atoms with Crippen LogP contribution < -0.4 is 16.0 Å². The van der Waals surface area contributed by atoms with Crippen LogP contribution in [-0.4, -0.2) is 28.2 Å². The van der Waals surface area contributed by atoms with E-state index in [0.29, 0.717) is 28.6 Å². The summed E-state index contributed by atoms with van der Waals surface area (Å²) in [5.74, 6) is -0.793. The van der Waals surface area contributed by atoms with E-state index in [9.17, 15) is 9.59 Å². The second kappa shape index (κ2) is 7.65. The van der Waals surface area contributed by atoms with Crippen LogP contribution in [0.2, 0.25) is 0 Å². The fourth-order valence-corrected chi connectivity index (χ4v) is 3.59. The number of aromatic nitrogens is 1. The summed E-state index contributed by atoms with van der Waals surface area (Å²) in [6.45, 7) is 0.226. The standard InChI is InChI=1S/C22H19N3O4/c23-22(27)15-8-4-9-16-20(15)21-17(25(16)12-14-6-2-1-3-7-14)10-5-11-18(21)29-13-19(26)24-28/h1-11,28H,12-13H2,(H2,23,27)(H,24,26). The molecular weight excluding hydrogens is 370 g/mol. The molecule has 7 nitrogen and oxygen atoms in total. The van der Waals surface area contributed by atoms with Gasteiger partial charge >= 0.3 is 0 Å². The maximum Gasteiger partial charge on any atom is 0.281 e. The molecule has 0 radical (unpaired) electrons. The third kappa shape index (κ3) is 3.39. The Morgan fingerprint density at radius 2 is 1.62 bits per heavy atom. The van der Waals surface area contributed by atoms with Crippen molar-refractivity contribution in [3.63, 3.8) is 0 Å². The Balaban J connectivity index is 1.98. The van der Waals surface area contributed by atoms with Crippen LogP contribution in [0.3, 0.4) is 0 Å². The third-order valence-corrected chi connectivity index (χ3v) is 4.81. The van der Waals surface area contributed by atoms with Gasteiger partial charge in [0.25, 0.3) is 5.91 Å². The van der Waals surface area contributed by atoms with Gasteiger partial charge in [-0.15, -0.1) is 0 Å². The molecule has 0 aliphatic carbocycles. The van der Waals surface area contributed by atoms with Crippen LogP contribution in [0.15, 0.2) is 66.7 Å². The normalized spacial score (nSPS) is 10.9. The molecule has 0 unspecified atom stereocenters. The second-order valence-corrected chi connectivity index (χ2v) is 6.61. The lowest BCUT2D eigenvalue weighted by atomic mass is 10.1. The van der Waals surface area contributed by atoms with Gasteiger partial charge in [-0.2, -0.15) is 0 Å². The van der Waals surface area contributed by atoms with Crippen LogP contribution in [0.5, 0.6) is 5.75 Å². The molecule has 0 bridgehead atoms. The number of hydroxylamine groups is 1. The highest BCUT2D eigenvalue weighted by molar-refractivity contribution is 6.19. The fourth-order valence-electron chi connectivity index (χ4n) is 3.59.